The summed E-state index contributed by atoms with van der Waals surface area (Å²) in [6.07, 6.45) is 0.139. The zero-order valence-electron chi connectivity index (χ0n) is 16.4. The van der Waals surface area contributed by atoms with E-state index in [-0.39, 0.29) is 18.6 Å². The van der Waals surface area contributed by atoms with E-state index < -0.39 is 5.97 Å². The van der Waals surface area contributed by atoms with E-state index in [1.54, 1.807) is 16.8 Å². The average Bonchev–Trinajstić information content (AvgIpc) is 2.61. The summed E-state index contributed by atoms with van der Waals surface area (Å²) in [4.78, 5) is 26.6. The van der Waals surface area contributed by atoms with Crippen molar-refractivity contribution in [1.29, 1.82) is 0 Å². The highest BCUT2D eigenvalue weighted by Gasteiger charge is 2.25. The standard InChI is InChI=1S/C20H30N2O5/c1-15(2)16-4-6-17(7-5-16)26-10-8-19(23)22-9-11-27-18(13-22)12-21(3)14-20(24)25/h4-7,15,18H,8-14H2,1-3H3,(H,24,25). The summed E-state index contributed by atoms with van der Waals surface area (Å²) in [5, 5.41) is 8.83. The number of aliphatic carboxylic acids is 1. The number of morpholine rings is 1. The lowest BCUT2D eigenvalue weighted by Gasteiger charge is -2.34. The third-order valence-electron chi connectivity index (χ3n) is 4.54. The highest BCUT2D eigenvalue weighted by Crippen LogP contribution is 2.18. The molecule has 1 fully saturated rings. The van der Waals surface area contributed by atoms with Crippen LogP contribution in [0.5, 0.6) is 5.75 Å². The molecule has 1 amide bonds. The summed E-state index contributed by atoms with van der Waals surface area (Å²) >= 11 is 0. The maximum Gasteiger partial charge on any atom is 0.317 e. The Morgan fingerprint density at radius 1 is 1.33 bits per heavy atom. The Balaban J connectivity index is 1.74. The third kappa shape index (κ3) is 7.19. The Morgan fingerprint density at radius 3 is 2.67 bits per heavy atom. The normalized spacial score (nSPS) is 17.4. The first-order valence-corrected chi connectivity index (χ1v) is 9.37. The Morgan fingerprint density at radius 2 is 2.04 bits per heavy atom. The highest BCUT2D eigenvalue weighted by atomic mass is 16.5. The number of carbonyl (C=O) groups is 2. The summed E-state index contributed by atoms with van der Waals surface area (Å²) in [6, 6.07) is 7.95. The number of benzene rings is 1. The summed E-state index contributed by atoms with van der Waals surface area (Å²) in [7, 11) is 1.73. The number of hydrogen-bond donors (Lipinski definition) is 1. The number of nitrogens with zero attached hydrogens (tertiary/aromatic N) is 2. The van der Waals surface area contributed by atoms with Crippen LogP contribution >= 0.6 is 0 Å². The van der Waals surface area contributed by atoms with Gasteiger partial charge in [0.15, 0.2) is 0 Å². The van der Waals surface area contributed by atoms with Crippen LogP contribution in [0.4, 0.5) is 0 Å². The predicted octanol–water partition coefficient (Wildman–Crippen LogP) is 1.82. The van der Waals surface area contributed by atoms with Crippen LogP contribution in [0.2, 0.25) is 0 Å². The zero-order valence-corrected chi connectivity index (χ0v) is 16.4. The number of ether oxygens (including phenoxy) is 2. The summed E-state index contributed by atoms with van der Waals surface area (Å²) in [5.74, 6) is 0.398. The van der Waals surface area contributed by atoms with E-state index in [4.69, 9.17) is 14.6 Å². The Kier molecular flexibility index (Phi) is 8.06. The second kappa shape index (κ2) is 10.3. The third-order valence-corrected chi connectivity index (χ3v) is 4.54. The van der Waals surface area contributed by atoms with E-state index in [0.717, 1.165) is 5.75 Å². The largest absolute Gasteiger partial charge is 0.493 e. The van der Waals surface area contributed by atoms with Gasteiger partial charge >= 0.3 is 5.97 Å². The van der Waals surface area contributed by atoms with Crippen LogP contribution in [-0.2, 0) is 14.3 Å². The number of carboxylic acid groups (broad SMARTS) is 1. The van der Waals surface area contributed by atoms with Gasteiger partial charge in [0.1, 0.15) is 5.75 Å². The fraction of sp³-hybridized carbons (Fsp3) is 0.600. The van der Waals surface area contributed by atoms with E-state index in [1.165, 1.54) is 5.56 Å². The molecule has 1 heterocycles. The molecule has 0 radical (unpaired) electrons. The van der Waals surface area contributed by atoms with Gasteiger partial charge in [0.05, 0.1) is 32.3 Å². The molecule has 7 nitrogen and oxygen atoms in total. The van der Waals surface area contributed by atoms with Crippen molar-refractivity contribution in [2.24, 2.45) is 0 Å². The van der Waals surface area contributed by atoms with E-state index in [0.29, 0.717) is 45.2 Å². The number of amides is 1. The fourth-order valence-electron chi connectivity index (χ4n) is 3.06. The second-order valence-corrected chi connectivity index (χ2v) is 7.25. The van der Waals surface area contributed by atoms with Crippen LogP contribution in [-0.4, -0.2) is 79.3 Å². The molecule has 1 unspecified atom stereocenters. The smallest absolute Gasteiger partial charge is 0.317 e. The molecule has 0 saturated carbocycles. The first-order valence-electron chi connectivity index (χ1n) is 9.37. The molecule has 1 aromatic rings. The van der Waals surface area contributed by atoms with Gasteiger partial charge in [-0.05, 0) is 30.7 Å². The lowest BCUT2D eigenvalue weighted by Crippen LogP contribution is -2.49. The van der Waals surface area contributed by atoms with Gasteiger partial charge < -0.3 is 19.5 Å². The van der Waals surface area contributed by atoms with Gasteiger partial charge in [-0.2, -0.15) is 0 Å². The van der Waals surface area contributed by atoms with Crippen molar-refractivity contribution in [3.8, 4) is 5.75 Å². The van der Waals surface area contributed by atoms with Crippen molar-refractivity contribution >= 4 is 11.9 Å². The van der Waals surface area contributed by atoms with Gasteiger partial charge in [-0.3, -0.25) is 14.5 Å². The minimum Gasteiger partial charge on any atom is -0.493 e. The van der Waals surface area contributed by atoms with E-state index in [1.807, 2.05) is 24.3 Å². The van der Waals surface area contributed by atoms with Crippen LogP contribution in [0.15, 0.2) is 24.3 Å². The molecule has 150 valence electrons. The molecule has 2 rings (SSSR count). The molecule has 1 aromatic carbocycles. The van der Waals surface area contributed by atoms with Crippen LogP contribution in [0, 0.1) is 0 Å². The molecule has 27 heavy (non-hydrogen) atoms. The summed E-state index contributed by atoms with van der Waals surface area (Å²) in [5.41, 5.74) is 1.26. The second-order valence-electron chi connectivity index (χ2n) is 7.25. The molecule has 7 heteroatoms. The Labute approximate surface area is 160 Å². The SMILES string of the molecule is CC(C)c1ccc(OCCC(=O)N2CCOC(CN(C)CC(=O)O)C2)cc1. The number of carboxylic acids is 1. The van der Waals surface area contributed by atoms with E-state index in [9.17, 15) is 9.59 Å². The van der Waals surface area contributed by atoms with Gasteiger partial charge in [-0.15, -0.1) is 0 Å². The predicted molar refractivity (Wildman–Crippen MR) is 102 cm³/mol. The van der Waals surface area contributed by atoms with Crippen LogP contribution in [0.25, 0.3) is 0 Å². The molecule has 1 atom stereocenters. The lowest BCUT2D eigenvalue weighted by atomic mass is 10.0. The number of hydrogen-bond acceptors (Lipinski definition) is 5. The summed E-state index contributed by atoms with van der Waals surface area (Å²) < 4.78 is 11.3. The number of rotatable bonds is 9. The topological polar surface area (TPSA) is 79.3 Å². The minimum absolute atomic E-state index is 0.0305. The van der Waals surface area contributed by atoms with Crippen molar-refractivity contribution < 1.29 is 24.2 Å². The van der Waals surface area contributed by atoms with Gasteiger partial charge in [0.25, 0.3) is 0 Å². The zero-order chi connectivity index (χ0) is 19.8. The molecular formula is C20H30N2O5. The highest BCUT2D eigenvalue weighted by molar-refractivity contribution is 5.76. The molecule has 1 aliphatic rings. The van der Waals surface area contributed by atoms with Gasteiger partial charge in [-0.1, -0.05) is 26.0 Å². The molecule has 1 saturated heterocycles. The number of likely N-dealkylation sites (N-methyl/N-ethyl adjacent to an activating group) is 1. The Bertz CT molecular complexity index is 617. The first-order chi connectivity index (χ1) is 12.8. The average molecular weight is 378 g/mol. The molecule has 0 bridgehead atoms. The fourth-order valence-corrected chi connectivity index (χ4v) is 3.06. The van der Waals surface area contributed by atoms with Crippen molar-refractivity contribution in [2.75, 3.05) is 46.4 Å². The minimum atomic E-state index is -0.875. The molecule has 0 spiro atoms. The van der Waals surface area contributed by atoms with Gasteiger partial charge in [0.2, 0.25) is 5.91 Å². The van der Waals surface area contributed by atoms with Crippen LogP contribution < -0.4 is 4.74 Å². The lowest BCUT2D eigenvalue weighted by molar-refractivity contribution is -0.142. The molecule has 1 aliphatic heterocycles. The van der Waals surface area contributed by atoms with E-state index in [2.05, 4.69) is 13.8 Å². The van der Waals surface area contributed by atoms with Crippen molar-refractivity contribution in [2.45, 2.75) is 32.3 Å². The quantitative estimate of drug-likeness (QED) is 0.706. The van der Waals surface area contributed by atoms with Crippen LogP contribution in [0.1, 0.15) is 31.7 Å². The molecule has 0 aliphatic carbocycles. The molecular weight excluding hydrogens is 348 g/mol. The van der Waals surface area contributed by atoms with Gasteiger partial charge in [-0.25, -0.2) is 0 Å². The van der Waals surface area contributed by atoms with Crippen molar-refractivity contribution in [3.63, 3.8) is 0 Å². The van der Waals surface area contributed by atoms with Crippen molar-refractivity contribution in [3.05, 3.63) is 29.8 Å². The maximum atomic E-state index is 12.4. The first kappa shape index (κ1) is 21.2. The Hall–Kier alpha value is -2.12. The number of carbonyl (C=O) groups excluding carboxylic acids is 1. The van der Waals surface area contributed by atoms with Crippen LogP contribution in [0.3, 0.4) is 0 Å². The van der Waals surface area contributed by atoms with E-state index >= 15 is 0 Å². The summed E-state index contributed by atoms with van der Waals surface area (Å²) in [6.45, 7) is 6.56. The maximum absolute atomic E-state index is 12.4. The van der Waals surface area contributed by atoms with Crippen molar-refractivity contribution in [1.82, 2.24) is 9.80 Å². The molecule has 1 N–H and O–H groups in total. The van der Waals surface area contributed by atoms with Gasteiger partial charge in [0, 0.05) is 19.6 Å². The monoisotopic (exact) mass is 378 g/mol. The molecule has 0 aromatic heterocycles.